The van der Waals surface area contributed by atoms with E-state index in [0.717, 1.165) is 25.1 Å². The lowest BCUT2D eigenvalue weighted by molar-refractivity contribution is -0.164. The molecule has 1 aliphatic carbocycles. The zero-order chi connectivity index (χ0) is 19.3. The molecule has 1 saturated carbocycles. The number of hydrogen-bond acceptors (Lipinski definition) is 6. The topological polar surface area (TPSA) is 51.2 Å². The predicted molar refractivity (Wildman–Crippen MR) is 103 cm³/mol. The number of carbonyl (C=O) groups excluding carboxylic acids is 1. The average Bonchev–Trinajstić information content (AvgIpc) is 3.32. The molecule has 148 valence electrons. The number of para-hydroxylation sites is 1. The summed E-state index contributed by atoms with van der Waals surface area (Å²) in [5.41, 5.74) is 2.73. The molecule has 0 unspecified atom stereocenters. The molecule has 4 fully saturated rings. The van der Waals surface area contributed by atoms with Crippen molar-refractivity contribution in [3.05, 3.63) is 41.5 Å². The Hall–Kier alpha value is -1.89. The second-order valence-electron chi connectivity index (χ2n) is 8.70. The van der Waals surface area contributed by atoms with Gasteiger partial charge in [-0.25, -0.2) is 0 Å². The van der Waals surface area contributed by atoms with Gasteiger partial charge < -0.3 is 19.1 Å². The highest BCUT2D eigenvalue weighted by atomic mass is 16.6. The molecule has 0 N–H and O–H groups in total. The molecule has 0 radical (unpaired) electrons. The third-order valence-electron chi connectivity index (χ3n) is 8.09. The van der Waals surface area contributed by atoms with Crippen LogP contribution in [-0.4, -0.2) is 56.4 Å². The van der Waals surface area contributed by atoms with E-state index in [4.69, 9.17) is 14.2 Å². The standard InChI is InChI=1S/C22H26N2O4/c1-4-13-11-23-17-9-14(13)19(20(25)27-3)21-10-18(23)28-22(17,21)24(12-26-2)16-8-6-5-7-15(16)21/h4-8,14,17-19H,9-12H2,1-3H3/b13-4-/t14-,17-,18-,19-,21-,22-/m0/s1. The van der Waals surface area contributed by atoms with Crippen LogP contribution >= 0.6 is 0 Å². The number of esters is 1. The number of methoxy groups -OCH3 is 2. The minimum Gasteiger partial charge on any atom is -0.469 e. The SMILES string of the molecule is C/C=C1/CN2[C@@H]3C[C@@]45c6ccccc6N(COC)[C@]4(O3)[C@@H]2C[C@@H]1[C@H]5C(=O)OC. The third-order valence-corrected chi connectivity index (χ3v) is 8.09. The Morgan fingerprint density at radius 1 is 1.36 bits per heavy atom. The Bertz CT molecular complexity index is 900. The van der Waals surface area contributed by atoms with Gasteiger partial charge in [0.25, 0.3) is 0 Å². The average molecular weight is 382 g/mol. The summed E-state index contributed by atoms with van der Waals surface area (Å²) in [6.07, 6.45) is 3.98. The van der Waals surface area contributed by atoms with Crippen molar-refractivity contribution in [3.63, 3.8) is 0 Å². The lowest BCUT2D eigenvalue weighted by Crippen LogP contribution is -2.75. The molecule has 4 bridgehead atoms. The first-order chi connectivity index (χ1) is 13.6. The molecule has 5 aliphatic rings. The van der Waals surface area contributed by atoms with Crippen LogP contribution in [-0.2, 0) is 24.4 Å². The summed E-state index contributed by atoms with van der Waals surface area (Å²) in [6, 6.07) is 8.73. The van der Waals surface area contributed by atoms with Gasteiger partial charge in [0.2, 0.25) is 0 Å². The van der Waals surface area contributed by atoms with Crippen molar-refractivity contribution in [2.75, 3.05) is 32.4 Å². The predicted octanol–water partition coefficient (Wildman–Crippen LogP) is 2.24. The van der Waals surface area contributed by atoms with Crippen LogP contribution in [0.15, 0.2) is 35.9 Å². The third kappa shape index (κ3) is 1.55. The summed E-state index contributed by atoms with van der Waals surface area (Å²) < 4.78 is 17.9. The molecule has 6 nitrogen and oxygen atoms in total. The summed E-state index contributed by atoms with van der Waals surface area (Å²) >= 11 is 0. The fourth-order valence-corrected chi connectivity index (χ4v) is 7.34. The summed E-state index contributed by atoms with van der Waals surface area (Å²) in [5.74, 6) is -0.152. The Morgan fingerprint density at radius 2 is 2.18 bits per heavy atom. The van der Waals surface area contributed by atoms with Crippen LogP contribution in [0.2, 0.25) is 0 Å². The number of fused-ring (bicyclic) bond motifs is 4. The fourth-order valence-electron chi connectivity index (χ4n) is 7.34. The number of carbonyl (C=O) groups is 1. The van der Waals surface area contributed by atoms with Crippen LogP contribution in [0.5, 0.6) is 0 Å². The van der Waals surface area contributed by atoms with Gasteiger partial charge in [-0.3, -0.25) is 9.69 Å². The van der Waals surface area contributed by atoms with Crippen molar-refractivity contribution in [2.24, 2.45) is 11.8 Å². The maximum Gasteiger partial charge on any atom is 0.310 e. The van der Waals surface area contributed by atoms with Crippen LogP contribution in [0.1, 0.15) is 25.3 Å². The van der Waals surface area contributed by atoms with Crippen LogP contribution in [0, 0.1) is 11.8 Å². The zero-order valence-electron chi connectivity index (χ0n) is 16.6. The van der Waals surface area contributed by atoms with E-state index in [1.165, 1.54) is 18.2 Å². The molecule has 3 saturated heterocycles. The van der Waals surface area contributed by atoms with Crippen molar-refractivity contribution in [1.29, 1.82) is 0 Å². The monoisotopic (exact) mass is 382 g/mol. The largest absolute Gasteiger partial charge is 0.469 e. The molecule has 28 heavy (non-hydrogen) atoms. The quantitative estimate of drug-likeness (QED) is 0.590. The van der Waals surface area contributed by atoms with E-state index in [-0.39, 0.29) is 30.1 Å². The van der Waals surface area contributed by atoms with Gasteiger partial charge in [-0.2, -0.15) is 0 Å². The second kappa shape index (κ2) is 5.38. The lowest BCUT2D eigenvalue weighted by atomic mass is 9.49. The molecule has 1 aromatic carbocycles. The second-order valence-corrected chi connectivity index (χ2v) is 8.70. The first-order valence-corrected chi connectivity index (χ1v) is 10.2. The molecule has 0 aromatic heterocycles. The Labute approximate surface area is 165 Å². The molecule has 6 atom stereocenters. The molecule has 0 amide bonds. The molecule has 4 aliphatic heterocycles. The zero-order valence-corrected chi connectivity index (χ0v) is 16.6. The number of piperidine rings is 2. The first-order valence-electron chi connectivity index (χ1n) is 10.2. The summed E-state index contributed by atoms with van der Waals surface area (Å²) in [5, 5.41) is 0. The van der Waals surface area contributed by atoms with Crippen LogP contribution in [0.25, 0.3) is 0 Å². The first kappa shape index (κ1) is 17.0. The molecule has 1 aromatic rings. The maximum absolute atomic E-state index is 13.3. The van der Waals surface area contributed by atoms with Crippen LogP contribution < -0.4 is 4.90 Å². The van der Waals surface area contributed by atoms with Crippen molar-refractivity contribution in [1.82, 2.24) is 4.90 Å². The number of benzene rings is 1. The number of allylic oxidation sites excluding steroid dienone is 1. The molecule has 6 rings (SSSR count). The highest BCUT2D eigenvalue weighted by Crippen LogP contribution is 2.74. The van der Waals surface area contributed by atoms with E-state index in [9.17, 15) is 4.79 Å². The summed E-state index contributed by atoms with van der Waals surface area (Å²) in [6.45, 7) is 3.41. The highest BCUT2D eigenvalue weighted by molar-refractivity contribution is 5.82. The van der Waals surface area contributed by atoms with Gasteiger partial charge in [0.05, 0.1) is 24.5 Å². The van der Waals surface area contributed by atoms with Gasteiger partial charge >= 0.3 is 5.97 Å². The Balaban J connectivity index is 1.67. The van der Waals surface area contributed by atoms with Crippen molar-refractivity contribution >= 4 is 11.7 Å². The lowest BCUT2D eigenvalue weighted by Gasteiger charge is -2.61. The number of hydrogen-bond donors (Lipinski definition) is 0. The van der Waals surface area contributed by atoms with E-state index < -0.39 is 11.1 Å². The molecular formula is C22H26N2O4. The molecular weight excluding hydrogens is 356 g/mol. The van der Waals surface area contributed by atoms with Crippen LogP contribution in [0.3, 0.4) is 0 Å². The normalized spacial score (nSPS) is 43.5. The smallest absolute Gasteiger partial charge is 0.310 e. The van der Waals surface area contributed by atoms with Gasteiger partial charge in [-0.1, -0.05) is 29.8 Å². The molecule has 1 spiro atoms. The van der Waals surface area contributed by atoms with E-state index in [0.29, 0.717) is 6.73 Å². The minimum atomic E-state index is -0.564. The van der Waals surface area contributed by atoms with Crippen LogP contribution in [0.4, 0.5) is 5.69 Å². The minimum absolute atomic E-state index is 0.0288. The molecule has 4 heterocycles. The maximum atomic E-state index is 13.3. The van der Waals surface area contributed by atoms with Gasteiger partial charge in [0, 0.05) is 25.8 Å². The Morgan fingerprint density at radius 3 is 2.93 bits per heavy atom. The summed E-state index contributed by atoms with van der Waals surface area (Å²) in [7, 11) is 3.24. The van der Waals surface area contributed by atoms with E-state index in [1.807, 2.05) is 0 Å². The molecule has 6 heteroatoms. The number of ether oxygens (including phenoxy) is 3. The number of rotatable bonds is 3. The van der Waals surface area contributed by atoms with Gasteiger partial charge in [-0.15, -0.1) is 0 Å². The van der Waals surface area contributed by atoms with E-state index in [2.05, 4.69) is 47.1 Å². The van der Waals surface area contributed by atoms with Crippen molar-refractivity contribution in [2.45, 2.75) is 43.2 Å². The van der Waals surface area contributed by atoms with Gasteiger partial charge in [0.1, 0.15) is 13.0 Å². The fraction of sp³-hybridized carbons (Fsp3) is 0.591. The highest BCUT2D eigenvalue weighted by Gasteiger charge is 2.84. The number of anilines is 1. The van der Waals surface area contributed by atoms with Crippen molar-refractivity contribution in [3.8, 4) is 0 Å². The number of nitrogens with zero attached hydrogens (tertiary/aromatic N) is 2. The van der Waals surface area contributed by atoms with Gasteiger partial charge in [-0.05, 0) is 30.9 Å². The van der Waals surface area contributed by atoms with E-state index in [1.54, 1.807) is 7.11 Å². The summed E-state index contributed by atoms with van der Waals surface area (Å²) in [4.78, 5) is 18.1. The Kier molecular flexibility index (Phi) is 3.27. The van der Waals surface area contributed by atoms with E-state index >= 15 is 0 Å². The van der Waals surface area contributed by atoms with Crippen molar-refractivity contribution < 1.29 is 19.0 Å². The van der Waals surface area contributed by atoms with Gasteiger partial charge in [0.15, 0.2) is 5.72 Å².